The molecule has 0 aliphatic rings. The van der Waals surface area contributed by atoms with Gasteiger partial charge < -0.3 is 4.74 Å². The maximum atomic E-state index is 10.8. The maximum absolute atomic E-state index is 10.8. The van der Waals surface area contributed by atoms with Crippen molar-refractivity contribution >= 4 is 5.97 Å². The first-order valence-corrected chi connectivity index (χ1v) is 8.72. The second-order valence-corrected chi connectivity index (χ2v) is 5.63. The number of hydrogen-bond acceptors (Lipinski definition) is 2. The molecule has 0 aromatic rings. The first-order chi connectivity index (χ1) is 10.3. The van der Waals surface area contributed by atoms with Gasteiger partial charge in [0.2, 0.25) is 0 Å². The lowest BCUT2D eigenvalue weighted by Gasteiger charge is -2.01. The lowest BCUT2D eigenvalue weighted by atomic mass is 10.1. The van der Waals surface area contributed by atoms with Crippen molar-refractivity contribution in [2.45, 2.75) is 84.0 Å². The van der Waals surface area contributed by atoms with E-state index >= 15 is 0 Å². The van der Waals surface area contributed by atoms with E-state index < -0.39 is 0 Å². The number of ether oxygens (including phenoxy) is 1. The molecule has 2 heteroatoms. The average Bonchev–Trinajstić information content (AvgIpc) is 2.50. The van der Waals surface area contributed by atoms with Gasteiger partial charge in [0.25, 0.3) is 0 Å². The molecule has 0 aliphatic carbocycles. The highest BCUT2D eigenvalue weighted by Crippen LogP contribution is 2.11. The monoisotopic (exact) mass is 294 g/mol. The zero-order valence-corrected chi connectivity index (χ0v) is 14.1. The van der Waals surface area contributed by atoms with Crippen molar-refractivity contribution in [1.82, 2.24) is 0 Å². The maximum Gasteiger partial charge on any atom is 0.330 e. The van der Waals surface area contributed by atoms with Crippen LogP contribution in [0.5, 0.6) is 0 Å². The van der Waals surface area contributed by atoms with Crippen molar-refractivity contribution in [1.29, 1.82) is 0 Å². The Morgan fingerprint density at radius 1 is 0.810 bits per heavy atom. The predicted octanol–water partition coefficient (Wildman–Crippen LogP) is 5.97. The molecule has 21 heavy (non-hydrogen) atoms. The van der Waals surface area contributed by atoms with Crippen LogP contribution in [0, 0.1) is 0 Å². The Labute approximate surface area is 131 Å². The van der Waals surface area contributed by atoms with Gasteiger partial charge in [-0.1, -0.05) is 89.4 Å². The normalized spacial score (nSPS) is 11.5. The van der Waals surface area contributed by atoms with Gasteiger partial charge in [0.1, 0.15) is 0 Å². The van der Waals surface area contributed by atoms with E-state index in [9.17, 15) is 4.79 Å². The molecule has 0 aromatic carbocycles. The Hall–Kier alpha value is -1.05. The molecule has 2 nitrogen and oxygen atoms in total. The fourth-order valence-electron chi connectivity index (χ4n) is 2.30. The molecule has 0 fully saturated rings. The molecule has 0 bridgehead atoms. The third kappa shape index (κ3) is 16.9. The number of allylic oxidation sites excluding steroid dienone is 3. The average molecular weight is 294 g/mol. The van der Waals surface area contributed by atoms with E-state index in [1.165, 1.54) is 83.8 Å². The number of carbonyl (C=O) groups excluding carboxylic acids is 1. The second-order valence-electron chi connectivity index (χ2n) is 5.63. The summed E-state index contributed by atoms with van der Waals surface area (Å²) in [7, 11) is 1.39. The molecule has 0 rings (SSSR count). The molecule has 0 radical (unpaired) electrons. The van der Waals surface area contributed by atoms with Gasteiger partial charge >= 0.3 is 5.97 Å². The van der Waals surface area contributed by atoms with Crippen molar-refractivity contribution < 1.29 is 9.53 Å². The van der Waals surface area contributed by atoms with Crippen LogP contribution < -0.4 is 0 Å². The second kappa shape index (κ2) is 17.0. The molecule has 0 saturated heterocycles. The molecule has 0 spiro atoms. The smallest absolute Gasteiger partial charge is 0.330 e. The van der Waals surface area contributed by atoms with Crippen LogP contribution in [0.3, 0.4) is 0 Å². The summed E-state index contributed by atoms with van der Waals surface area (Å²) in [4.78, 5) is 10.8. The van der Waals surface area contributed by atoms with Crippen LogP contribution in [0.1, 0.15) is 84.0 Å². The summed E-state index contributed by atoms with van der Waals surface area (Å²) < 4.78 is 4.51. The molecule has 0 N–H and O–H groups in total. The SMILES string of the molecule is CCCCCCCCCCCCC/C=C\C=C\C(=O)OC. The molecule has 0 aromatic heterocycles. The highest BCUT2D eigenvalue weighted by atomic mass is 16.5. The fourth-order valence-corrected chi connectivity index (χ4v) is 2.30. The van der Waals surface area contributed by atoms with E-state index in [0.717, 1.165) is 6.42 Å². The lowest BCUT2D eigenvalue weighted by molar-refractivity contribution is -0.134. The molecule has 0 heterocycles. The van der Waals surface area contributed by atoms with Crippen molar-refractivity contribution in [2.24, 2.45) is 0 Å². The summed E-state index contributed by atoms with van der Waals surface area (Å²) in [6.45, 7) is 2.27. The topological polar surface area (TPSA) is 26.3 Å². The highest BCUT2D eigenvalue weighted by Gasteiger charge is 1.92. The van der Waals surface area contributed by atoms with E-state index in [1.54, 1.807) is 6.08 Å². The first kappa shape index (κ1) is 19.9. The molecule has 0 atom stereocenters. The number of hydrogen-bond donors (Lipinski definition) is 0. The van der Waals surface area contributed by atoms with Crippen LogP contribution in [0.4, 0.5) is 0 Å². The predicted molar refractivity (Wildman–Crippen MR) is 91.4 cm³/mol. The highest BCUT2D eigenvalue weighted by molar-refractivity contribution is 5.82. The van der Waals surface area contributed by atoms with Gasteiger partial charge in [-0.25, -0.2) is 4.79 Å². The van der Waals surface area contributed by atoms with Gasteiger partial charge in [0.15, 0.2) is 0 Å². The van der Waals surface area contributed by atoms with E-state index in [0.29, 0.717) is 0 Å². The van der Waals surface area contributed by atoms with Crippen LogP contribution in [0.15, 0.2) is 24.3 Å². The largest absolute Gasteiger partial charge is 0.466 e. The quantitative estimate of drug-likeness (QED) is 0.171. The summed E-state index contributed by atoms with van der Waals surface area (Å²) in [5, 5.41) is 0. The minimum atomic E-state index is -0.297. The van der Waals surface area contributed by atoms with Crippen molar-refractivity contribution in [2.75, 3.05) is 7.11 Å². The zero-order valence-electron chi connectivity index (χ0n) is 14.1. The Morgan fingerprint density at radius 3 is 1.86 bits per heavy atom. The lowest BCUT2D eigenvalue weighted by Crippen LogP contribution is -1.92. The molecule has 122 valence electrons. The van der Waals surface area contributed by atoms with Crippen LogP contribution in [0.2, 0.25) is 0 Å². The van der Waals surface area contributed by atoms with Gasteiger partial charge in [-0.15, -0.1) is 0 Å². The summed E-state index contributed by atoms with van der Waals surface area (Å²) >= 11 is 0. The minimum Gasteiger partial charge on any atom is -0.466 e. The zero-order chi connectivity index (χ0) is 15.6. The van der Waals surface area contributed by atoms with Crippen LogP contribution in [-0.2, 0) is 9.53 Å². The van der Waals surface area contributed by atoms with Crippen LogP contribution >= 0.6 is 0 Å². The molecule has 0 amide bonds. The van der Waals surface area contributed by atoms with Crippen LogP contribution in [0.25, 0.3) is 0 Å². The molecule has 0 unspecified atom stereocenters. The van der Waals surface area contributed by atoms with E-state index in [-0.39, 0.29) is 5.97 Å². The minimum absolute atomic E-state index is 0.297. The third-order valence-electron chi connectivity index (χ3n) is 3.66. The number of esters is 1. The summed E-state index contributed by atoms with van der Waals surface area (Å²) in [6.07, 6.45) is 23.5. The van der Waals surface area contributed by atoms with Gasteiger partial charge in [-0.05, 0) is 12.8 Å². The van der Waals surface area contributed by atoms with Crippen LogP contribution in [-0.4, -0.2) is 13.1 Å². The number of rotatable bonds is 14. The standard InChI is InChI=1S/C19H34O2/c1-3-4-5-6-7-8-9-10-11-12-13-14-15-16-17-18-19(20)21-2/h15-18H,3-14H2,1-2H3/b16-15-,18-17+. The van der Waals surface area contributed by atoms with Gasteiger partial charge in [0.05, 0.1) is 7.11 Å². The Morgan fingerprint density at radius 2 is 1.33 bits per heavy atom. The molecular formula is C19H34O2. The number of unbranched alkanes of at least 4 members (excludes halogenated alkanes) is 11. The summed E-state index contributed by atoms with van der Waals surface area (Å²) in [6, 6.07) is 0. The van der Waals surface area contributed by atoms with E-state index in [2.05, 4.69) is 17.7 Å². The fraction of sp³-hybridized carbons (Fsp3) is 0.737. The van der Waals surface area contributed by atoms with E-state index in [1.807, 2.05) is 6.08 Å². The molecule has 0 aliphatic heterocycles. The number of carbonyl (C=O) groups is 1. The van der Waals surface area contributed by atoms with Crippen molar-refractivity contribution in [3.05, 3.63) is 24.3 Å². The Kier molecular flexibility index (Phi) is 16.2. The van der Waals surface area contributed by atoms with Crippen molar-refractivity contribution in [3.8, 4) is 0 Å². The first-order valence-electron chi connectivity index (χ1n) is 8.72. The molecule has 0 saturated carbocycles. The summed E-state index contributed by atoms with van der Waals surface area (Å²) in [5.74, 6) is -0.297. The molecular weight excluding hydrogens is 260 g/mol. The van der Waals surface area contributed by atoms with Gasteiger partial charge in [0, 0.05) is 6.08 Å². The van der Waals surface area contributed by atoms with Gasteiger partial charge in [-0.3, -0.25) is 0 Å². The van der Waals surface area contributed by atoms with Crippen molar-refractivity contribution in [3.63, 3.8) is 0 Å². The Bertz CT molecular complexity index is 279. The van der Waals surface area contributed by atoms with E-state index in [4.69, 9.17) is 0 Å². The third-order valence-corrected chi connectivity index (χ3v) is 3.66. The number of methoxy groups -OCH3 is 1. The van der Waals surface area contributed by atoms with Gasteiger partial charge in [-0.2, -0.15) is 0 Å². The summed E-state index contributed by atoms with van der Waals surface area (Å²) in [5.41, 5.74) is 0. The Balaban J connectivity index is 3.17.